The summed E-state index contributed by atoms with van der Waals surface area (Å²) in [7, 11) is 0. The Morgan fingerprint density at radius 2 is 1.27 bits per heavy atom. The number of phenols is 2. The number of benzene rings is 2. The normalized spacial score (nSPS) is 14.0. The Bertz CT molecular complexity index is 749. The van der Waals surface area contributed by atoms with Gasteiger partial charge in [0.15, 0.2) is 0 Å². The predicted molar refractivity (Wildman–Crippen MR) is 111 cm³/mol. The summed E-state index contributed by atoms with van der Waals surface area (Å²) >= 11 is 0. The molecule has 1 unspecified atom stereocenters. The van der Waals surface area contributed by atoms with Gasteiger partial charge in [-0.15, -0.1) is 0 Å². The summed E-state index contributed by atoms with van der Waals surface area (Å²) in [6, 6.07) is 11.5. The molecular weight excluding hydrogens is 320 g/mol. The van der Waals surface area contributed by atoms with Crippen molar-refractivity contribution in [2.75, 3.05) is 0 Å². The second-order valence-electron chi connectivity index (χ2n) is 9.20. The molecule has 0 saturated carbocycles. The molecule has 0 aliphatic carbocycles. The van der Waals surface area contributed by atoms with Gasteiger partial charge in [0, 0.05) is 11.1 Å². The van der Waals surface area contributed by atoms with Crippen molar-refractivity contribution in [3.63, 3.8) is 0 Å². The van der Waals surface area contributed by atoms with Gasteiger partial charge in [-0.1, -0.05) is 72.8 Å². The van der Waals surface area contributed by atoms with Gasteiger partial charge in [-0.2, -0.15) is 0 Å². The van der Waals surface area contributed by atoms with E-state index in [9.17, 15) is 10.2 Å². The van der Waals surface area contributed by atoms with E-state index in [4.69, 9.17) is 0 Å². The van der Waals surface area contributed by atoms with E-state index < -0.39 is 0 Å². The molecule has 0 aliphatic rings. The molecule has 2 aromatic rings. The zero-order chi connectivity index (χ0) is 19.7. The molecule has 1 atom stereocenters. The third-order valence-electron chi connectivity index (χ3n) is 4.74. The lowest BCUT2D eigenvalue weighted by molar-refractivity contribution is 0.423. The molecule has 2 rings (SSSR count). The van der Waals surface area contributed by atoms with Crippen molar-refractivity contribution in [1.82, 2.24) is 0 Å². The van der Waals surface area contributed by atoms with E-state index in [1.807, 2.05) is 12.1 Å². The fraction of sp³-hybridized carbons (Fsp3) is 0.417. The first-order valence-corrected chi connectivity index (χ1v) is 9.24. The van der Waals surface area contributed by atoms with Gasteiger partial charge in [0.1, 0.15) is 11.5 Å². The quantitative estimate of drug-likeness (QED) is 0.661. The Hall–Kier alpha value is -2.22. The maximum atomic E-state index is 10.8. The van der Waals surface area contributed by atoms with Crippen LogP contribution < -0.4 is 0 Å². The predicted octanol–water partition coefficient (Wildman–Crippen LogP) is 6.51. The third-order valence-corrected chi connectivity index (χ3v) is 4.74. The van der Waals surface area contributed by atoms with E-state index in [0.717, 1.165) is 22.3 Å². The standard InChI is InChI=1S/C24H32O2/c1-16(18-10-12-19(25)13-11-18)8-9-17-14-20(23(2,3)4)22(26)21(15-17)24(5,6)7/h8-16,25-26H,1-7H3. The lowest BCUT2D eigenvalue weighted by Gasteiger charge is -2.28. The summed E-state index contributed by atoms with van der Waals surface area (Å²) in [4.78, 5) is 0. The van der Waals surface area contributed by atoms with Crippen LogP contribution >= 0.6 is 0 Å². The van der Waals surface area contributed by atoms with Crippen LogP contribution in [0.2, 0.25) is 0 Å². The molecule has 0 aromatic heterocycles. The van der Waals surface area contributed by atoms with Crippen LogP contribution in [0.15, 0.2) is 42.5 Å². The first kappa shape index (κ1) is 20.1. The van der Waals surface area contributed by atoms with E-state index in [-0.39, 0.29) is 22.5 Å². The van der Waals surface area contributed by atoms with Gasteiger partial charge in [0.05, 0.1) is 0 Å². The van der Waals surface area contributed by atoms with Gasteiger partial charge in [-0.3, -0.25) is 0 Å². The molecular formula is C24H32O2. The van der Waals surface area contributed by atoms with Crippen LogP contribution in [0.25, 0.3) is 6.08 Å². The van der Waals surface area contributed by atoms with Gasteiger partial charge >= 0.3 is 0 Å². The molecule has 0 saturated heterocycles. The molecule has 0 fully saturated rings. The van der Waals surface area contributed by atoms with Crippen molar-refractivity contribution in [3.8, 4) is 11.5 Å². The number of phenolic OH excluding ortho intramolecular Hbond substituents is 2. The van der Waals surface area contributed by atoms with Gasteiger partial charge < -0.3 is 10.2 Å². The smallest absolute Gasteiger partial charge is 0.123 e. The Kier molecular flexibility index (Phi) is 5.55. The summed E-state index contributed by atoms with van der Waals surface area (Å²) in [5, 5.41) is 20.3. The zero-order valence-corrected chi connectivity index (χ0v) is 17.1. The lowest BCUT2D eigenvalue weighted by atomic mass is 9.78. The summed E-state index contributed by atoms with van der Waals surface area (Å²) in [5.41, 5.74) is 3.95. The molecule has 2 heteroatoms. The van der Waals surface area contributed by atoms with E-state index in [2.05, 4.69) is 72.8 Å². The SMILES string of the molecule is CC(C=Cc1cc(C(C)(C)C)c(O)c(C(C)(C)C)c1)c1ccc(O)cc1. The highest BCUT2D eigenvalue weighted by atomic mass is 16.3. The summed E-state index contributed by atoms with van der Waals surface area (Å²) in [6.07, 6.45) is 4.29. The molecule has 0 amide bonds. The Balaban J connectivity index is 2.44. The van der Waals surface area contributed by atoms with Crippen LogP contribution in [0.4, 0.5) is 0 Å². The Morgan fingerprint density at radius 3 is 1.69 bits per heavy atom. The molecule has 2 nitrogen and oxygen atoms in total. The molecule has 2 N–H and O–H groups in total. The minimum Gasteiger partial charge on any atom is -0.508 e. The van der Waals surface area contributed by atoms with E-state index in [1.54, 1.807) is 12.1 Å². The number of allylic oxidation sites excluding steroid dienone is 1. The Morgan fingerprint density at radius 1 is 0.808 bits per heavy atom. The van der Waals surface area contributed by atoms with Crippen LogP contribution in [-0.2, 0) is 10.8 Å². The van der Waals surface area contributed by atoms with Crippen LogP contribution in [0.3, 0.4) is 0 Å². The molecule has 26 heavy (non-hydrogen) atoms. The first-order chi connectivity index (χ1) is 11.9. The average Bonchev–Trinajstić information content (AvgIpc) is 2.52. The van der Waals surface area contributed by atoms with Crippen LogP contribution in [0, 0.1) is 0 Å². The van der Waals surface area contributed by atoms with Crippen molar-refractivity contribution in [2.45, 2.75) is 65.2 Å². The van der Waals surface area contributed by atoms with Crippen molar-refractivity contribution in [3.05, 3.63) is 64.7 Å². The van der Waals surface area contributed by atoms with Gasteiger partial charge in [0.25, 0.3) is 0 Å². The average molecular weight is 353 g/mol. The fourth-order valence-corrected chi connectivity index (χ4v) is 3.04. The second kappa shape index (κ2) is 7.19. The topological polar surface area (TPSA) is 40.5 Å². The van der Waals surface area contributed by atoms with Gasteiger partial charge in [0.2, 0.25) is 0 Å². The van der Waals surface area contributed by atoms with E-state index in [1.165, 1.54) is 0 Å². The molecule has 0 radical (unpaired) electrons. The van der Waals surface area contributed by atoms with Crippen molar-refractivity contribution >= 4 is 6.08 Å². The third kappa shape index (κ3) is 4.69. The molecule has 0 bridgehead atoms. The molecule has 0 aliphatic heterocycles. The molecule has 2 aromatic carbocycles. The minimum absolute atomic E-state index is 0.128. The maximum absolute atomic E-state index is 10.8. The summed E-state index contributed by atoms with van der Waals surface area (Å²) in [6.45, 7) is 14.9. The molecule has 140 valence electrons. The highest BCUT2D eigenvalue weighted by molar-refractivity contribution is 5.60. The highest BCUT2D eigenvalue weighted by Crippen LogP contribution is 2.40. The van der Waals surface area contributed by atoms with Crippen molar-refractivity contribution < 1.29 is 10.2 Å². The molecule has 0 spiro atoms. The van der Waals surface area contributed by atoms with Crippen molar-refractivity contribution in [2.24, 2.45) is 0 Å². The largest absolute Gasteiger partial charge is 0.508 e. The summed E-state index contributed by atoms with van der Waals surface area (Å²) < 4.78 is 0. The maximum Gasteiger partial charge on any atom is 0.123 e. The first-order valence-electron chi connectivity index (χ1n) is 9.24. The fourth-order valence-electron chi connectivity index (χ4n) is 3.04. The van der Waals surface area contributed by atoms with Crippen LogP contribution in [0.5, 0.6) is 11.5 Å². The monoisotopic (exact) mass is 352 g/mol. The number of hydrogen-bond acceptors (Lipinski definition) is 2. The number of hydrogen-bond donors (Lipinski definition) is 2. The number of aromatic hydroxyl groups is 2. The summed E-state index contributed by atoms with van der Waals surface area (Å²) in [5.74, 6) is 0.933. The van der Waals surface area contributed by atoms with E-state index in [0.29, 0.717) is 5.75 Å². The van der Waals surface area contributed by atoms with Crippen molar-refractivity contribution in [1.29, 1.82) is 0 Å². The minimum atomic E-state index is -0.128. The van der Waals surface area contributed by atoms with Crippen LogP contribution in [0.1, 0.15) is 76.6 Å². The van der Waals surface area contributed by atoms with Gasteiger partial charge in [-0.05, 0) is 52.1 Å². The highest BCUT2D eigenvalue weighted by Gasteiger charge is 2.26. The number of rotatable bonds is 3. The molecule has 0 heterocycles. The van der Waals surface area contributed by atoms with Crippen LogP contribution in [-0.4, -0.2) is 10.2 Å². The lowest BCUT2D eigenvalue weighted by Crippen LogP contribution is -2.17. The Labute approximate surface area is 158 Å². The van der Waals surface area contributed by atoms with E-state index >= 15 is 0 Å². The zero-order valence-electron chi connectivity index (χ0n) is 17.1. The second-order valence-corrected chi connectivity index (χ2v) is 9.20. The van der Waals surface area contributed by atoms with Gasteiger partial charge in [-0.25, -0.2) is 0 Å².